The van der Waals surface area contributed by atoms with E-state index in [1.807, 2.05) is 32.0 Å². The second-order valence-corrected chi connectivity index (χ2v) is 4.17. The summed E-state index contributed by atoms with van der Waals surface area (Å²) in [5.74, 6) is -0.155. The molecule has 76 valence electrons. The third-order valence-electron chi connectivity index (χ3n) is 2.02. The van der Waals surface area contributed by atoms with Gasteiger partial charge in [0, 0.05) is 3.57 Å². The average molecular weight is 304 g/mol. The van der Waals surface area contributed by atoms with Crippen LogP contribution in [0, 0.1) is 10.5 Å². The van der Waals surface area contributed by atoms with E-state index in [4.69, 9.17) is 4.74 Å². The van der Waals surface area contributed by atoms with E-state index in [-0.39, 0.29) is 5.97 Å². The Balaban J connectivity index is 2.76. The minimum Gasteiger partial charge on any atom is -0.466 e. The van der Waals surface area contributed by atoms with E-state index in [0.29, 0.717) is 13.0 Å². The van der Waals surface area contributed by atoms with Crippen LogP contribution < -0.4 is 0 Å². The maximum absolute atomic E-state index is 11.3. The zero-order valence-electron chi connectivity index (χ0n) is 8.34. The molecule has 0 aliphatic heterocycles. The molecule has 0 atom stereocenters. The van der Waals surface area contributed by atoms with Crippen LogP contribution in [0.1, 0.15) is 18.1 Å². The second-order valence-electron chi connectivity index (χ2n) is 3.01. The van der Waals surface area contributed by atoms with Crippen LogP contribution in [0.25, 0.3) is 0 Å². The summed E-state index contributed by atoms with van der Waals surface area (Å²) in [4.78, 5) is 11.3. The molecule has 14 heavy (non-hydrogen) atoms. The number of hydrogen-bond donors (Lipinski definition) is 0. The molecule has 1 rings (SSSR count). The number of rotatable bonds is 3. The fraction of sp³-hybridized carbons (Fsp3) is 0.364. The summed E-state index contributed by atoms with van der Waals surface area (Å²) < 4.78 is 6.08. The molecule has 0 radical (unpaired) electrons. The van der Waals surface area contributed by atoms with E-state index in [0.717, 1.165) is 5.56 Å². The summed E-state index contributed by atoms with van der Waals surface area (Å²) in [7, 11) is 0. The molecule has 0 fully saturated rings. The zero-order valence-corrected chi connectivity index (χ0v) is 10.5. The highest BCUT2D eigenvalue weighted by Crippen LogP contribution is 2.16. The third kappa shape index (κ3) is 2.97. The van der Waals surface area contributed by atoms with Gasteiger partial charge in [-0.15, -0.1) is 0 Å². The summed E-state index contributed by atoms with van der Waals surface area (Å²) in [6.45, 7) is 4.29. The molecule has 1 aromatic carbocycles. The minimum atomic E-state index is -0.155. The number of halogens is 1. The Morgan fingerprint density at radius 3 is 2.86 bits per heavy atom. The van der Waals surface area contributed by atoms with Gasteiger partial charge >= 0.3 is 5.97 Å². The molecule has 0 heterocycles. The van der Waals surface area contributed by atoms with Crippen molar-refractivity contribution in [3.05, 3.63) is 32.9 Å². The van der Waals surface area contributed by atoms with Crippen LogP contribution in [0.3, 0.4) is 0 Å². The van der Waals surface area contributed by atoms with Crippen LogP contribution in [-0.2, 0) is 16.0 Å². The van der Waals surface area contributed by atoms with Gasteiger partial charge < -0.3 is 4.74 Å². The van der Waals surface area contributed by atoms with Crippen molar-refractivity contribution in [2.45, 2.75) is 20.3 Å². The lowest BCUT2D eigenvalue weighted by Gasteiger charge is -2.06. The number of hydrogen-bond acceptors (Lipinski definition) is 2. The van der Waals surface area contributed by atoms with Crippen molar-refractivity contribution in [2.24, 2.45) is 0 Å². The summed E-state index contributed by atoms with van der Waals surface area (Å²) in [5, 5.41) is 0. The van der Waals surface area contributed by atoms with E-state index in [2.05, 4.69) is 22.6 Å². The first-order valence-corrected chi connectivity index (χ1v) is 5.62. The predicted octanol–water partition coefficient (Wildman–Crippen LogP) is 2.71. The Labute approximate surface area is 97.8 Å². The molecule has 0 unspecified atom stereocenters. The molecule has 0 aliphatic carbocycles. The molecule has 3 heteroatoms. The maximum Gasteiger partial charge on any atom is 0.310 e. The fourth-order valence-electron chi connectivity index (χ4n) is 1.21. The lowest BCUT2D eigenvalue weighted by Crippen LogP contribution is -2.08. The normalized spacial score (nSPS) is 9.93. The van der Waals surface area contributed by atoms with E-state index >= 15 is 0 Å². The quantitative estimate of drug-likeness (QED) is 0.634. The van der Waals surface area contributed by atoms with Crippen LogP contribution in [0.15, 0.2) is 18.2 Å². The summed E-state index contributed by atoms with van der Waals surface area (Å²) in [6.07, 6.45) is 0.372. The van der Waals surface area contributed by atoms with E-state index in [1.165, 1.54) is 9.13 Å². The van der Waals surface area contributed by atoms with Crippen molar-refractivity contribution in [2.75, 3.05) is 6.61 Å². The van der Waals surface area contributed by atoms with Gasteiger partial charge in [0.05, 0.1) is 13.0 Å². The lowest BCUT2D eigenvalue weighted by molar-refractivity contribution is -0.142. The molecular weight excluding hydrogens is 291 g/mol. The van der Waals surface area contributed by atoms with Gasteiger partial charge in [-0.25, -0.2) is 0 Å². The summed E-state index contributed by atoms with van der Waals surface area (Å²) in [5.41, 5.74) is 2.22. The standard InChI is InChI=1S/C11H13IO2/c1-3-14-11(13)7-9-5-4-6-10(12)8(9)2/h4-6H,3,7H2,1-2H3. The topological polar surface area (TPSA) is 26.3 Å². The Kier molecular flexibility index (Phi) is 4.38. The van der Waals surface area contributed by atoms with Gasteiger partial charge in [-0.2, -0.15) is 0 Å². The minimum absolute atomic E-state index is 0.155. The molecular formula is C11H13IO2. The molecule has 0 N–H and O–H groups in total. The molecule has 0 saturated carbocycles. The predicted molar refractivity (Wildman–Crippen MR) is 64.2 cm³/mol. The SMILES string of the molecule is CCOC(=O)Cc1cccc(I)c1C. The highest BCUT2D eigenvalue weighted by atomic mass is 127. The number of carbonyl (C=O) groups is 1. The highest BCUT2D eigenvalue weighted by Gasteiger charge is 2.07. The monoisotopic (exact) mass is 304 g/mol. The van der Waals surface area contributed by atoms with Gasteiger partial charge in [0.25, 0.3) is 0 Å². The second kappa shape index (κ2) is 5.34. The molecule has 0 aromatic heterocycles. The first-order chi connectivity index (χ1) is 6.65. The van der Waals surface area contributed by atoms with Crippen molar-refractivity contribution in [1.82, 2.24) is 0 Å². The highest BCUT2D eigenvalue weighted by molar-refractivity contribution is 14.1. The summed E-state index contributed by atoms with van der Waals surface area (Å²) >= 11 is 2.27. The van der Waals surface area contributed by atoms with Gasteiger partial charge in [0.1, 0.15) is 0 Å². The molecule has 0 spiro atoms. The fourth-order valence-corrected chi connectivity index (χ4v) is 1.77. The number of benzene rings is 1. The van der Waals surface area contributed by atoms with Gasteiger partial charge in [-0.1, -0.05) is 12.1 Å². The Hall–Kier alpha value is -0.580. The van der Waals surface area contributed by atoms with Crippen LogP contribution >= 0.6 is 22.6 Å². The van der Waals surface area contributed by atoms with Crippen molar-refractivity contribution in [3.63, 3.8) is 0 Å². The number of ether oxygens (including phenoxy) is 1. The first-order valence-electron chi connectivity index (χ1n) is 4.54. The van der Waals surface area contributed by atoms with Gasteiger partial charge in [-0.05, 0) is 53.6 Å². The van der Waals surface area contributed by atoms with Crippen molar-refractivity contribution >= 4 is 28.6 Å². The molecule has 1 aromatic rings. The first kappa shape index (κ1) is 11.5. The van der Waals surface area contributed by atoms with Crippen LogP contribution in [-0.4, -0.2) is 12.6 Å². The van der Waals surface area contributed by atoms with E-state index in [1.54, 1.807) is 0 Å². The molecule has 0 aliphatic rings. The van der Waals surface area contributed by atoms with Crippen LogP contribution in [0.2, 0.25) is 0 Å². The Morgan fingerprint density at radius 2 is 2.21 bits per heavy atom. The Morgan fingerprint density at radius 1 is 1.50 bits per heavy atom. The maximum atomic E-state index is 11.3. The van der Waals surface area contributed by atoms with Crippen molar-refractivity contribution < 1.29 is 9.53 Å². The van der Waals surface area contributed by atoms with E-state index < -0.39 is 0 Å². The van der Waals surface area contributed by atoms with Gasteiger partial charge in [0.15, 0.2) is 0 Å². The average Bonchev–Trinajstić information content (AvgIpc) is 2.13. The van der Waals surface area contributed by atoms with Gasteiger partial charge in [-0.3, -0.25) is 4.79 Å². The molecule has 0 bridgehead atoms. The van der Waals surface area contributed by atoms with E-state index in [9.17, 15) is 4.79 Å². The smallest absolute Gasteiger partial charge is 0.310 e. The van der Waals surface area contributed by atoms with Crippen molar-refractivity contribution in [3.8, 4) is 0 Å². The number of carbonyl (C=O) groups excluding carboxylic acids is 1. The molecule has 0 amide bonds. The third-order valence-corrected chi connectivity index (χ3v) is 3.19. The summed E-state index contributed by atoms with van der Waals surface area (Å²) in [6, 6.07) is 5.96. The molecule has 2 nitrogen and oxygen atoms in total. The largest absolute Gasteiger partial charge is 0.466 e. The Bertz CT molecular complexity index is 334. The number of esters is 1. The van der Waals surface area contributed by atoms with Gasteiger partial charge in [0.2, 0.25) is 0 Å². The lowest BCUT2D eigenvalue weighted by atomic mass is 10.1. The van der Waals surface area contributed by atoms with Crippen LogP contribution in [0.4, 0.5) is 0 Å². The molecule has 0 saturated heterocycles. The van der Waals surface area contributed by atoms with Crippen LogP contribution in [0.5, 0.6) is 0 Å². The van der Waals surface area contributed by atoms with Crippen molar-refractivity contribution in [1.29, 1.82) is 0 Å². The zero-order chi connectivity index (χ0) is 10.6.